The summed E-state index contributed by atoms with van der Waals surface area (Å²) in [6.45, 7) is 0.407. The predicted octanol–water partition coefficient (Wildman–Crippen LogP) is 2.44. The van der Waals surface area contributed by atoms with E-state index in [1.165, 1.54) is 11.8 Å². The lowest BCUT2D eigenvalue weighted by Crippen LogP contribution is -2.37. The molecule has 86 valence electrons. The van der Waals surface area contributed by atoms with Gasteiger partial charge in [0.25, 0.3) is 0 Å². The summed E-state index contributed by atoms with van der Waals surface area (Å²) in [7, 11) is 0. The van der Waals surface area contributed by atoms with Gasteiger partial charge in [-0.15, -0.1) is 0 Å². The van der Waals surface area contributed by atoms with E-state index < -0.39 is 0 Å². The van der Waals surface area contributed by atoms with Crippen LogP contribution in [0.5, 0.6) is 0 Å². The van der Waals surface area contributed by atoms with Crippen molar-refractivity contribution < 1.29 is 4.79 Å². The average Bonchev–Trinajstić information content (AvgIpc) is 2.28. The number of carbonyl (C=O) groups is 1. The van der Waals surface area contributed by atoms with Crippen molar-refractivity contribution in [1.82, 2.24) is 10.6 Å². The Labute approximate surface area is 103 Å². The normalized spacial score (nSPS) is 9.62. The van der Waals surface area contributed by atoms with E-state index in [4.69, 9.17) is 17.0 Å². The molecule has 0 saturated carbocycles. The van der Waals surface area contributed by atoms with Gasteiger partial charge in [-0.3, -0.25) is 10.7 Å². The van der Waals surface area contributed by atoms with Gasteiger partial charge in [0, 0.05) is 11.6 Å². The third-order valence-corrected chi connectivity index (χ3v) is 2.56. The Morgan fingerprint density at radius 1 is 1.44 bits per heavy atom. The monoisotopic (exact) mass is 257 g/mol. The van der Waals surface area contributed by atoms with Gasteiger partial charge in [-0.2, -0.15) is 0 Å². The second-order valence-electron chi connectivity index (χ2n) is 2.97. The summed E-state index contributed by atoms with van der Waals surface area (Å²) in [5, 5.41) is 13.1. The third-order valence-electron chi connectivity index (χ3n) is 1.80. The van der Waals surface area contributed by atoms with E-state index in [1.54, 1.807) is 18.4 Å². The summed E-state index contributed by atoms with van der Waals surface area (Å²) in [6, 6.07) is 6.82. The van der Waals surface area contributed by atoms with Crippen molar-refractivity contribution in [2.75, 3.05) is 6.26 Å². The maximum atomic E-state index is 11.3. The van der Waals surface area contributed by atoms with Gasteiger partial charge in [0.05, 0.1) is 0 Å². The standard InChI is InChI=1S/C10H12ClN3OS/c1-16-9(12)14-10(15)13-6-7-2-4-8(11)5-3-7/h2-5H,6H2,1H3,(H3,12,13,14,15). The molecule has 0 heterocycles. The molecule has 1 rings (SSSR count). The molecule has 2 amide bonds. The van der Waals surface area contributed by atoms with Crippen molar-refractivity contribution >= 4 is 34.6 Å². The molecule has 0 radical (unpaired) electrons. The Hall–Kier alpha value is -1.20. The highest BCUT2D eigenvalue weighted by Gasteiger charge is 2.02. The van der Waals surface area contributed by atoms with E-state index >= 15 is 0 Å². The molecule has 1 aromatic rings. The van der Waals surface area contributed by atoms with Crippen LogP contribution < -0.4 is 10.6 Å². The lowest BCUT2D eigenvalue weighted by molar-refractivity contribution is 0.245. The van der Waals surface area contributed by atoms with E-state index in [9.17, 15) is 4.79 Å². The Balaban J connectivity index is 2.37. The number of hydrogen-bond donors (Lipinski definition) is 3. The topological polar surface area (TPSA) is 65.0 Å². The molecule has 0 aromatic heterocycles. The molecule has 4 nitrogen and oxygen atoms in total. The maximum Gasteiger partial charge on any atom is 0.321 e. The fourth-order valence-corrected chi connectivity index (χ4v) is 1.30. The van der Waals surface area contributed by atoms with Crippen LogP contribution in [0.25, 0.3) is 0 Å². The zero-order valence-electron chi connectivity index (χ0n) is 8.71. The van der Waals surface area contributed by atoms with E-state index in [1.807, 2.05) is 12.1 Å². The summed E-state index contributed by atoms with van der Waals surface area (Å²) in [5.74, 6) is 0. The van der Waals surface area contributed by atoms with Crippen LogP contribution in [0, 0.1) is 5.41 Å². The van der Waals surface area contributed by atoms with Crippen LogP contribution in [-0.4, -0.2) is 17.5 Å². The van der Waals surface area contributed by atoms with Crippen molar-refractivity contribution in [3.63, 3.8) is 0 Å². The van der Waals surface area contributed by atoms with Gasteiger partial charge in [0.1, 0.15) is 0 Å². The average molecular weight is 258 g/mol. The molecule has 0 aliphatic heterocycles. The van der Waals surface area contributed by atoms with Crippen molar-refractivity contribution in [1.29, 1.82) is 5.41 Å². The second kappa shape index (κ2) is 6.40. The van der Waals surface area contributed by atoms with E-state index in [2.05, 4.69) is 10.6 Å². The minimum Gasteiger partial charge on any atom is -0.334 e. The number of thioether (sulfide) groups is 1. The number of urea groups is 1. The lowest BCUT2D eigenvalue weighted by Gasteiger charge is -2.06. The zero-order valence-corrected chi connectivity index (χ0v) is 10.3. The first-order chi connectivity index (χ1) is 7.61. The van der Waals surface area contributed by atoms with Gasteiger partial charge < -0.3 is 5.32 Å². The molecular formula is C10H12ClN3OS. The van der Waals surface area contributed by atoms with Gasteiger partial charge >= 0.3 is 6.03 Å². The van der Waals surface area contributed by atoms with Crippen molar-refractivity contribution in [2.24, 2.45) is 0 Å². The summed E-state index contributed by atoms with van der Waals surface area (Å²) >= 11 is 6.90. The number of amides is 2. The molecule has 6 heteroatoms. The predicted molar refractivity (Wildman–Crippen MR) is 68.1 cm³/mol. The van der Waals surface area contributed by atoms with Gasteiger partial charge in [0.2, 0.25) is 0 Å². The number of amidine groups is 1. The molecule has 0 aliphatic rings. The third kappa shape index (κ3) is 4.55. The Bertz CT molecular complexity index is 380. The van der Waals surface area contributed by atoms with Gasteiger partial charge in [-0.1, -0.05) is 35.5 Å². The molecule has 0 fully saturated rings. The Morgan fingerprint density at radius 2 is 2.06 bits per heavy atom. The smallest absolute Gasteiger partial charge is 0.321 e. The number of hydrogen-bond acceptors (Lipinski definition) is 3. The lowest BCUT2D eigenvalue weighted by atomic mass is 10.2. The summed E-state index contributed by atoms with van der Waals surface area (Å²) in [5.41, 5.74) is 0.954. The zero-order chi connectivity index (χ0) is 12.0. The van der Waals surface area contributed by atoms with Crippen LogP contribution in [0.1, 0.15) is 5.56 Å². The van der Waals surface area contributed by atoms with Crippen LogP contribution in [0.2, 0.25) is 5.02 Å². The molecule has 0 spiro atoms. The maximum absolute atomic E-state index is 11.3. The largest absolute Gasteiger partial charge is 0.334 e. The number of nitrogens with one attached hydrogen (secondary N) is 3. The van der Waals surface area contributed by atoms with Crippen molar-refractivity contribution in [2.45, 2.75) is 6.54 Å². The number of halogens is 1. The molecular weight excluding hydrogens is 246 g/mol. The van der Waals surface area contributed by atoms with E-state index in [-0.39, 0.29) is 11.2 Å². The number of carbonyl (C=O) groups excluding carboxylic acids is 1. The van der Waals surface area contributed by atoms with Crippen LogP contribution in [0.3, 0.4) is 0 Å². The molecule has 3 N–H and O–H groups in total. The Morgan fingerprint density at radius 3 is 2.62 bits per heavy atom. The fourth-order valence-electron chi connectivity index (χ4n) is 0.983. The second-order valence-corrected chi connectivity index (χ2v) is 4.22. The molecule has 0 atom stereocenters. The first kappa shape index (κ1) is 12.9. The van der Waals surface area contributed by atoms with Crippen LogP contribution in [0.4, 0.5) is 4.79 Å². The molecule has 0 saturated heterocycles. The Kier molecular flexibility index (Phi) is 5.14. The summed E-state index contributed by atoms with van der Waals surface area (Å²) < 4.78 is 0. The SMILES string of the molecule is CSC(=N)NC(=O)NCc1ccc(Cl)cc1. The first-order valence-electron chi connectivity index (χ1n) is 4.53. The van der Waals surface area contributed by atoms with Crippen molar-refractivity contribution in [3.05, 3.63) is 34.9 Å². The molecule has 1 aromatic carbocycles. The molecule has 0 aliphatic carbocycles. The summed E-state index contributed by atoms with van der Waals surface area (Å²) in [6.07, 6.45) is 1.72. The van der Waals surface area contributed by atoms with E-state index in [0.29, 0.717) is 11.6 Å². The fraction of sp³-hybridized carbons (Fsp3) is 0.200. The minimum absolute atomic E-state index is 0.119. The first-order valence-corrected chi connectivity index (χ1v) is 6.14. The molecule has 16 heavy (non-hydrogen) atoms. The number of rotatable bonds is 2. The number of benzene rings is 1. The molecule has 0 bridgehead atoms. The highest BCUT2D eigenvalue weighted by molar-refractivity contribution is 8.13. The molecule has 0 unspecified atom stereocenters. The van der Waals surface area contributed by atoms with Crippen LogP contribution >= 0.6 is 23.4 Å². The minimum atomic E-state index is -0.380. The van der Waals surface area contributed by atoms with Gasteiger partial charge in [-0.25, -0.2) is 4.79 Å². The summed E-state index contributed by atoms with van der Waals surface area (Å²) in [4.78, 5) is 11.3. The highest BCUT2D eigenvalue weighted by atomic mass is 35.5. The van der Waals surface area contributed by atoms with E-state index in [0.717, 1.165) is 5.56 Å². The van der Waals surface area contributed by atoms with Gasteiger partial charge in [-0.05, 0) is 24.0 Å². The quantitative estimate of drug-likeness (QED) is 0.563. The highest BCUT2D eigenvalue weighted by Crippen LogP contribution is 2.08. The van der Waals surface area contributed by atoms with Crippen LogP contribution in [0.15, 0.2) is 24.3 Å². The van der Waals surface area contributed by atoms with Gasteiger partial charge in [0.15, 0.2) is 5.17 Å². The van der Waals surface area contributed by atoms with Crippen LogP contribution in [-0.2, 0) is 6.54 Å². The van der Waals surface area contributed by atoms with Crippen molar-refractivity contribution in [3.8, 4) is 0 Å².